The van der Waals surface area contributed by atoms with E-state index in [-0.39, 0.29) is 55.0 Å². The minimum atomic E-state index is -1.45. The summed E-state index contributed by atoms with van der Waals surface area (Å²) in [5.41, 5.74) is -1.21. The van der Waals surface area contributed by atoms with Crippen LogP contribution in [0.25, 0.3) is 0 Å². The number of hydrogen-bond acceptors (Lipinski definition) is 8. The molecule has 0 saturated carbocycles. The van der Waals surface area contributed by atoms with Crippen molar-refractivity contribution in [2.45, 2.75) is 26.3 Å². The summed E-state index contributed by atoms with van der Waals surface area (Å²) in [6, 6.07) is 2.25. The zero-order valence-corrected chi connectivity index (χ0v) is 23.0. The van der Waals surface area contributed by atoms with Crippen LogP contribution >= 0.6 is 46.4 Å². The highest BCUT2D eigenvalue weighted by atomic mass is 35.5. The van der Waals surface area contributed by atoms with E-state index in [1.54, 1.807) is 13.8 Å². The van der Waals surface area contributed by atoms with Gasteiger partial charge in [0.05, 0.1) is 43.3 Å². The van der Waals surface area contributed by atoms with Crippen molar-refractivity contribution in [3.05, 3.63) is 59.5 Å². The number of amides is 3. The predicted octanol–water partition coefficient (Wildman–Crippen LogP) is 5.41. The molecular weight excluding hydrogens is 588 g/mol. The molecule has 1 N–H and O–H groups in total. The van der Waals surface area contributed by atoms with Crippen molar-refractivity contribution in [2.24, 2.45) is 5.92 Å². The van der Waals surface area contributed by atoms with E-state index in [9.17, 15) is 29.3 Å². The molecule has 1 aliphatic heterocycles. The molecule has 11 nitrogen and oxygen atoms in total. The number of rotatable bonds is 9. The van der Waals surface area contributed by atoms with Crippen molar-refractivity contribution in [2.75, 3.05) is 19.0 Å². The Labute approximate surface area is 236 Å². The van der Waals surface area contributed by atoms with E-state index in [2.05, 4.69) is 5.32 Å². The molecule has 0 bridgehead atoms. The highest BCUT2D eigenvalue weighted by Gasteiger charge is 2.47. The number of nitrogens with one attached hydrogen (secondary N) is 1. The summed E-state index contributed by atoms with van der Waals surface area (Å²) < 4.78 is 10.1. The topological polar surface area (TPSA) is 145 Å². The maximum Gasteiger partial charge on any atom is 0.329 e. The fourth-order valence-corrected chi connectivity index (χ4v) is 4.74. The van der Waals surface area contributed by atoms with E-state index in [1.165, 1.54) is 19.2 Å². The van der Waals surface area contributed by atoms with Crippen LogP contribution in [-0.4, -0.2) is 53.3 Å². The predicted molar refractivity (Wildman–Crippen MR) is 139 cm³/mol. The number of fused-ring (bicyclic) bond motifs is 1. The van der Waals surface area contributed by atoms with Gasteiger partial charge in [0.2, 0.25) is 0 Å². The molecule has 1 heterocycles. The molecule has 202 valence electrons. The highest BCUT2D eigenvalue weighted by Crippen LogP contribution is 2.45. The number of halogens is 4. The molecule has 38 heavy (non-hydrogen) atoms. The van der Waals surface area contributed by atoms with E-state index in [1.807, 2.05) is 0 Å². The summed E-state index contributed by atoms with van der Waals surface area (Å²) in [6.07, 6.45) is -0.0238. The summed E-state index contributed by atoms with van der Waals surface area (Å²) in [7, 11) is 1.34. The summed E-state index contributed by atoms with van der Waals surface area (Å²) in [6.45, 7) is 2.60. The Morgan fingerprint density at radius 1 is 1.03 bits per heavy atom. The SMILES string of the molecule is COc1ccc([N+](=O)[O-])c(NC(=O)COC(=O)[C@H](CC(C)C)N2C(=O)c3c(Cl)c(Cl)c(Cl)c(Cl)c3C2=O)c1. The van der Waals surface area contributed by atoms with Gasteiger partial charge in [-0.3, -0.25) is 29.4 Å². The Kier molecular flexibility index (Phi) is 9.09. The number of imide groups is 1. The van der Waals surface area contributed by atoms with Gasteiger partial charge < -0.3 is 14.8 Å². The quantitative estimate of drug-likeness (QED) is 0.0995. The second kappa shape index (κ2) is 11.7. The second-order valence-corrected chi connectivity index (χ2v) is 9.94. The number of nitro benzene ring substituents is 1. The molecule has 0 aliphatic carbocycles. The van der Waals surface area contributed by atoms with Crippen LogP contribution in [0.4, 0.5) is 11.4 Å². The van der Waals surface area contributed by atoms with Gasteiger partial charge >= 0.3 is 5.97 Å². The van der Waals surface area contributed by atoms with Crippen molar-refractivity contribution < 1.29 is 33.6 Å². The van der Waals surface area contributed by atoms with Crippen LogP contribution in [-0.2, 0) is 14.3 Å². The Balaban J connectivity index is 1.83. The van der Waals surface area contributed by atoms with E-state index in [0.717, 1.165) is 6.07 Å². The minimum Gasteiger partial charge on any atom is -0.497 e. The number of esters is 1. The van der Waals surface area contributed by atoms with E-state index < -0.39 is 47.0 Å². The molecule has 15 heteroatoms. The normalized spacial score (nSPS) is 13.4. The first kappa shape index (κ1) is 29.4. The third kappa shape index (κ3) is 5.65. The average molecular weight is 607 g/mol. The Hall–Kier alpha value is -3.12. The Morgan fingerprint density at radius 2 is 1.58 bits per heavy atom. The standard InChI is InChI=1S/C23H19Cl4N3O8/c1-9(2)6-13(29-21(32)15-16(22(29)33)18(25)20(27)19(26)17(15)24)23(34)38-8-14(31)28-11-7-10(37-3)4-5-12(11)30(35)36/h4-5,7,9,13H,6,8H2,1-3H3,(H,28,31)/t13-/m0/s1. The maximum atomic E-state index is 13.2. The Bertz CT molecular complexity index is 1320. The van der Waals surface area contributed by atoms with Gasteiger partial charge in [0, 0.05) is 12.1 Å². The average Bonchev–Trinajstić information content (AvgIpc) is 3.12. The lowest BCUT2D eigenvalue weighted by molar-refractivity contribution is -0.383. The zero-order chi connectivity index (χ0) is 28.5. The Morgan fingerprint density at radius 3 is 2.05 bits per heavy atom. The minimum absolute atomic E-state index is 0.0238. The van der Waals surface area contributed by atoms with Gasteiger partial charge in [-0.1, -0.05) is 60.3 Å². The molecular formula is C23H19Cl4N3O8. The van der Waals surface area contributed by atoms with Gasteiger partial charge in [-0.15, -0.1) is 0 Å². The first-order chi connectivity index (χ1) is 17.8. The second-order valence-electron chi connectivity index (χ2n) is 8.43. The first-order valence-electron chi connectivity index (χ1n) is 10.8. The number of hydrogen-bond donors (Lipinski definition) is 1. The first-order valence-corrected chi connectivity index (χ1v) is 12.3. The molecule has 2 aromatic rings. The third-order valence-electron chi connectivity index (χ3n) is 5.43. The number of nitro groups is 1. The molecule has 1 atom stereocenters. The van der Waals surface area contributed by atoms with Crippen LogP contribution in [0, 0.1) is 16.0 Å². The van der Waals surface area contributed by atoms with Crippen LogP contribution in [0.5, 0.6) is 5.75 Å². The van der Waals surface area contributed by atoms with Gasteiger partial charge in [0.1, 0.15) is 17.5 Å². The number of carbonyl (C=O) groups excluding carboxylic acids is 4. The molecule has 2 aromatic carbocycles. The highest BCUT2D eigenvalue weighted by molar-refractivity contribution is 6.55. The molecule has 1 aliphatic rings. The van der Waals surface area contributed by atoms with Gasteiger partial charge in [0.25, 0.3) is 23.4 Å². The summed E-state index contributed by atoms with van der Waals surface area (Å²) >= 11 is 24.4. The van der Waals surface area contributed by atoms with Gasteiger partial charge in [0.15, 0.2) is 6.61 Å². The van der Waals surface area contributed by atoms with Crippen LogP contribution in [0.15, 0.2) is 18.2 Å². The number of anilines is 1. The summed E-state index contributed by atoms with van der Waals surface area (Å²) in [5, 5.41) is 12.5. The largest absolute Gasteiger partial charge is 0.497 e. The molecule has 0 saturated heterocycles. The van der Waals surface area contributed by atoms with Crippen LogP contribution in [0.1, 0.15) is 41.0 Å². The number of ether oxygens (including phenoxy) is 2. The van der Waals surface area contributed by atoms with Crippen molar-refractivity contribution in [3.63, 3.8) is 0 Å². The number of methoxy groups -OCH3 is 1. The van der Waals surface area contributed by atoms with Crippen molar-refractivity contribution in [1.82, 2.24) is 4.90 Å². The molecule has 0 radical (unpaired) electrons. The molecule has 3 rings (SSSR count). The third-order valence-corrected chi connectivity index (χ3v) is 7.23. The van der Waals surface area contributed by atoms with Crippen molar-refractivity contribution in [3.8, 4) is 5.75 Å². The lowest BCUT2D eigenvalue weighted by Crippen LogP contribution is -2.47. The summed E-state index contributed by atoms with van der Waals surface area (Å²) in [5.74, 6) is -3.83. The van der Waals surface area contributed by atoms with Crippen molar-refractivity contribution in [1.29, 1.82) is 0 Å². The molecule has 0 unspecified atom stereocenters. The maximum absolute atomic E-state index is 13.2. The fraction of sp³-hybridized carbons (Fsp3) is 0.304. The number of benzene rings is 2. The van der Waals surface area contributed by atoms with Crippen LogP contribution in [0.3, 0.4) is 0 Å². The molecule has 0 aromatic heterocycles. The van der Waals surface area contributed by atoms with Gasteiger partial charge in [-0.05, 0) is 18.4 Å². The van der Waals surface area contributed by atoms with Crippen LogP contribution < -0.4 is 10.1 Å². The zero-order valence-electron chi connectivity index (χ0n) is 20.0. The summed E-state index contributed by atoms with van der Waals surface area (Å²) in [4.78, 5) is 63.1. The van der Waals surface area contributed by atoms with E-state index >= 15 is 0 Å². The molecule has 3 amide bonds. The van der Waals surface area contributed by atoms with E-state index in [4.69, 9.17) is 55.9 Å². The lowest BCUT2D eigenvalue weighted by atomic mass is 10.0. The van der Waals surface area contributed by atoms with Crippen molar-refractivity contribution >= 4 is 81.5 Å². The van der Waals surface area contributed by atoms with Gasteiger partial charge in [-0.25, -0.2) is 4.79 Å². The molecule has 0 fully saturated rings. The number of carbonyl (C=O) groups is 4. The number of nitrogens with zero attached hydrogens (tertiary/aromatic N) is 2. The monoisotopic (exact) mass is 605 g/mol. The molecule has 0 spiro atoms. The van der Waals surface area contributed by atoms with E-state index in [0.29, 0.717) is 4.90 Å². The van der Waals surface area contributed by atoms with Crippen LogP contribution in [0.2, 0.25) is 20.1 Å². The smallest absolute Gasteiger partial charge is 0.329 e. The lowest BCUT2D eigenvalue weighted by Gasteiger charge is -2.25. The van der Waals surface area contributed by atoms with Gasteiger partial charge in [-0.2, -0.15) is 0 Å². The fourth-order valence-electron chi connectivity index (χ4n) is 3.72.